The molecule has 0 spiro atoms. The van der Waals surface area contributed by atoms with Crippen LogP contribution in [0.25, 0.3) is 34.5 Å². The van der Waals surface area contributed by atoms with Gasteiger partial charge in [-0.05, 0) is 58.2 Å². The van der Waals surface area contributed by atoms with Gasteiger partial charge in [-0.2, -0.15) is 9.67 Å². The number of rotatable bonds is 7. The van der Waals surface area contributed by atoms with Gasteiger partial charge in [0.05, 0.1) is 17.4 Å². The van der Waals surface area contributed by atoms with Gasteiger partial charge in [-0.25, -0.2) is 0 Å². The smallest absolute Gasteiger partial charge is 0.418 e. The van der Waals surface area contributed by atoms with Crippen molar-refractivity contribution < 1.29 is 21.8 Å². The Hall–Kier alpha value is -5.76. The van der Waals surface area contributed by atoms with E-state index in [0.29, 0.717) is 0 Å². The van der Waals surface area contributed by atoms with Gasteiger partial charge in [0.15, 0.2) is 0 Å². The highest BCUT2D eigenvalue weighted by atomic mass is 19.5. The number of hydrogen-bond acceptors (Lipinski definition) is 2. The number of hydrazone groups is 1. The van der Waals surface area contributed by atoms with Crippen LogP contribution < -0.4 is 9.58 Å². The Morgan fingerprint density at radius 3 is 1.69 bits per heavy atom. The molecule has 5 aromatic carbocycles. The first-order valence-corrected chi connectivity index (χ1v) is 16.0. The van der Waals surface area contributed by atoms with Gasteiger partial charge in [0.2, 0.25) is 11.4 Å². The molecular formula is C41H34BF4N3. The summed E-state index contributed by atoms with van der Waals surface area (Å²) in [6.07, 6.45) is 5.27. The molecule has 7 rings (SSSR count). The summed E-state index contributed by atoms with van der Waals surface area (Å²) >= 11 is 0. The average Bonchev–Trinajstić information content (AvgIpc) is 3.58. The van der Waals surface area contributed by atoms with E-state index in [9.17, 15) is 17.3 Å². The predicted octanol–water partition coefficient (Wildman–Crippen LogP) is 10.7. The van der Waals surface area contributed by atoms with Gasteiger partial charge in [-0.15, -0.1) is 0 Å². The quantitative estimate of drug-likeness (QED) is 0.0952. The molecule has 2 heterocycles. The zero-order chi connectivity index (χ0) is 34.2. The molecule has 0 radical (unpaired) electrons. The lowest BCUT2D eigenvalue weighted by Crippen LogP contribution is -2.34. The van der Waals surface area contributed by atoms with Crippen LogP contribution in [0.3, 0.4) is 0 Å². The Kier molecular flexibility index (Phi) is 10.1. The summed E-state index contributed by atoms with van der Waals surface area (Å²) in [5, 5.41) is 7.31. The van der Waals surface area contributed by atoms with E-state index in [0.717, 1.165) is 29.1 Å². The first kappa shape index (κ1) is 33.2. The summed E-state index contributed by atoms with van der Waals surface area (Å²) in [6, 6.07) is 55.8. The van der Waals surface area contributed by atoms with Crippen molar-refractivity contribution in [2.75, 3.05) is 5.01 Å². The van der Waals surface area contributed by atoms with E-state index in [1.807, 2.05) is 0 Å². The van der Waals surface area contributed by atoms with Crippen molar-refractivity contribution in [1.82, 2.24) is 0 Å². The summed E-state index contributed by atoms with van der Waals surface area (Å²) in [5.74, 6) is 0. The predicted molar refractivity (Wildman–Crippen MR) is 193 cm³/mol. The van der Waals surface area contributed by atoms with Crippen LogP contribution in [0.1, 0.15) is 34.8 Å². The summed E-state index contributed by atoms with van der Waals surface area (Å²) in [6.45, 7) is 0. The molecule has 3 nitrogen and oxygen atoms in total. The third kappa shape index (κ3) is 8.59. The number of nitrogens with zero attached hydrogens (tertiary/aromatic N) is 3. The average molecular weight is 656 g/mol. The van der Waals surface area contributed by atoms with Gasteiger partial charge in [0, 0.05) is 30.2 Å². The lowest BCUT2D eigenvalue weighted by atomic mass is 9.98. The molecule has 244 valence electrons. The Labute approximate surface area is 284 Å². The zero-order valence-corrected chi connectivity index (χ0v) is 26.9. The van der Waals surface area contributed by atoms with Crippen LogP contribution >= 0.6 is 0 Å². The van der Waals surface area contributed by atoms with Gasteiger partial charge in [-0.1, -0.05) is 121 Å². The van der Waals surface area contributed by atoms with Crippen molar-refractivity contribution >= 4 is 30.8 Å². The number of anilines is 1. The molecule has 0 bridgehead atoms. The van der Waals surface area contributed by atoms with E-state index in [1.54, 1.807) is 0 Å². The maximum absolute atomic E-state index is 9.75. The topological polar surface area (TPSA) is 19.5 Å². The molecule has 0 N–H and O–H groups in total. The molecule has 1 aromatic heterocycles. The molecule has 1 aliphatic heterocycles. The Balaban J connectivity index is 0.000000778. The maximum Gasteiger partial charge on any atom is 0.673 e. The summed E-state index contributed by atoms with van der Waals surface area (Å²) < 4.78 is 41.3. The standard InChI is InChI=1S/C41H34N3.BF4/c1-43-38(28-36(32-14-6-2-7-15-32)29-40(43)34-18-10-4-11-19-34)27-24-31-22-25-37(26-23-31)44-41(35-20-12-5-13-21-35)30-39(42-44)33-16-8-3-9-17-33;2-1(3,4)5/h2-29,41H,30H2,1H3;/q+1;-1. The van der Waals surface area contributed by atoms with E-state index in [-0.39, 0.29) is 6.04 Å². The van der Waals surface area contributed by atoms with Crippen molar-refractivity contribution in [3.05, 3.63) is 180 Å². The van der Waals surface area contributed by atoms with Gasteiger partial charge in [0.25, 0.3) is 0 Å². The molecule has 0 saturated carbocycles. The summed E-state index contributed by atoms with van der Waals surface area (Å²) in [4.78, 5) is 0. The molecule has 0 saturated heterocycles. The minimum Gasteiger partial charge on any atom is -0.418 e. The van der Waals surface area contributed by atoms with Crippen molar-refractivity contribution in [3.8, 4) is 22.4 Å². The number of hydrogen-bond donors (Lipinski definition) is 0. The van der Waals surface area contributed by atoms with Crippen LogP contribution in [0.2, 0.25) is 0 Å². The first-order valence-electron chi connectivity index (χ1n) is 16.0. The van der Waals surface area contributed by atoms with E-state index in [2.05, 4.69) is 187 Å². The fourth-order valence-electron chi connectivity index (χ4n) is 5.93. The van der Waals surface area contributed by atoms with Crippen molar-refractivity contribution in [2.45, 2.75) is 12.5 Å². The SMILES string of the molecule is C[n+]1c(/C=C/c2ccc(N3N=C(c4ccccc4)CC3c3ccccc3)cc2)cc(-c2ccccc2)cc1-c1ccccc1.F[B-](F)(F)F. The highest BCUT2D eigenvalue weighted by Gasteiger charge is 2.29. The maximum atomic E-state index is 9.75. The highest BCUT2D eigenvalue weighted by molar-refractivity contribution is 6.50. The number of pyridine rings is 1. The molecule has 8 heteroatoms. The first-order chi connectivity index (χ1) is 23.7. The van der Waals surface area contributed by atoms with Gasteiger partial charge < -0.3 is 17.3 Å². The van der Waals surface area contributed by atoms with E-state index in [1.165, 1.54) is 33.5 Å². The van der Waals surface area contributed by atoms with Crippen molar-refractivity contribution in [1.29, 1.82) is 0 Å². The minimum absolute atomic E-state index is 0.156. The molecule has 6 aromatic rings. The molecule has 0 amide bonds. The van der Waals surface area contributed by atoms with Crippen LogP contribution in [0.15, 0.2) is 163 Å². The Morgan fingerprint density at radius 1 is 0.612 bits per heavy atom. The fourth-order valence-corrected chi connectivity index (χ4v) is 5.93. The van der Waals surface area contributed by atoms with E-state index < -0.39 is 7.25 Å². The third-order valence-corrected chi connectivity index (χ3v) is 8.33. The summed E-state index contributed by atoms with van der Waals surface area (Å²) in [5.41, 5.74) is 11.7. The summed E-state index contributed by atoms with van der Waals surface area (Å²) in [7, 11) is -3.86. The Morgan fingerprint density at radius 2 is 1.12 bits per heavy atom. The van der Waals surface area contributed by atoms with Crippen LogP contribution in [0.5, 0.6) is 0 Å². The van der Waals surface area contributed by atoms with Gasteiger partial charge in [0.1, 0.15) is 7.05 Å². The molecule has 0 fully saturated rings. The van der Waals surface area contributed by atoms with Crippen LogP contribution in [-0.4, -0.2) is 13.0 Å². The lowest BCUT2D eigenvalue weighted by Gasteiger charge is -2.24. The number of halogens is 4. The number of benzene rings is 5. The lowest BCUT2D eigenvalue weighted by molar-refractivity contribution is -0.662. The normalized spacial score (nSPS) is 14.3. The van der Waals surface area contributed by atoms with Gasteiger partial charge >= 0.3 is 7.25 Å². The molecule has 0 aliphatic carbocycles. The molecular weight excluding hydrogens is 621 g/mol. The number of aromatic nitrogens is 1. The van der Waals surface area contributed by atoms with Gasteiger partial charge in [-0.3, -0.25) is 5.01 Å². The molecule has 49 heavy (non-hydrogen) atoms. The monoisotopic (exact) mass is 655 g/mol. The fraction of sp³-hybridized carbons (Fsp3) is 0.0732. The van der Waals surface area contributed by atoms with Crippen LogP contribution in [0, 0.1) is 0 Å². The van der Waals surface area contributed by atoms with Crippen molar-refractivity contribution in [3.63, 3.8) is 0 Å². The minimum atomic E-state index is -6.00. The second-order valence-electron chi connectivity index (χ2n) is 11.7. The Bertz CT molecular complexity index is 2030. The highest BCUT2D eigenvalue weighted by Crippen LogP contribution is 2.37. The van der Waals surface area contributed by atoms with Crippen molar-refractivity contribution in [2.24, 2.45) is 12.1 Å². The second kappa shape index (κ2) is 15.0. The largest absolute Gasteiger partial charge is 0.673 e. The molecule has 1 aliphatic rings. The molecule has 1 unspecified atom stereocenters. The van der Waals surface area contributed by atoms with E-state index in [4.69, 9.17) is 5.10 Å². The van der Waals surface area contributed by atoms with Crippen LogP contribution in [0.4, 0.5) is 23.0 Å². The van der Waals surface area contributed by atoms with Crippen LogP contribution in [-0.2, 0) is 7.05 Å². The van der Waals surface area contributed by atoms with E-state index >= 15 is 0 Å². The zero-order valence-electron chi connectivity index (χ0n) is 26.9. The molecule has 1 atom stereocenters. The second-order valence-corrected chi connectivity index (χ2v) is 11.7. The third-order valence-electron chi connectivity index (χ3n) is 8.33.